The molecule has 0 aliphatic rings. The van der Waals surface area contributed by atoms with Gasteiger partial charge in [0.25, 0.3) is 0 Å². The van der Waals surface area contributed by atoms with Gasteiger partial charge < -0.3 is 120 Å². The number of nitrogens with two attached hydrogens (primary N) is 7. The van der Waals surface area contributed by atoms with Crippen LogP contribution in [0.2, 0.25) is 0 Å². The largest absolute Gasteiger partial charge is 0.480 e. The Labute approximate surface area is 681 Å². The second-order valence-corrected chi connectivity index (χ2v) is 32.3. The third-order valence-corrected chi connectivity index (χ3v) is 18.9. The molecule has 0 rings (SSSR count). The van der Waals surface area contributed by atoms with E-state index in [-0.39, 0.29) is 127 Å². The van der Waals surface area contributed by atoms with Gasteiger partial charge in [-0.25, -0.2) is 0 Å². The van der Waals surface area contributed by atoms with Crippen LogP contribution in [-0.4, -0.2) is 224 Å². The summed E-state index contributed by atoms with van der Waals surface area (Å²) in [5.74, 6) is -12.5. The summed E-state index contributed by atoms with van der Waals surface area (Å²) in [7, 11) is 0. The first kappa shape index (κ1) is 107. The molecule has 0 fully saturated rings. The molecule has 0 bridgehead atoms. The molecule has 0 radical (unpaired) electrons. The van der Waals surface area contributed by atoms with E-state index in [0.717, 1.165) is 0 Å². The van der Waals surface area contributed by atoms with Crippen LogP contribution in [0.1, 0.15) is 245 Å². The second-order valence-electron chi connectivity index (χ2n) is 32.3. The number of hydrogen-bond donors (Lipinski definition) is 22. The van der Waals surface area contributed by atoms with E-state index in [1.165, 1.54) is 27.7 Å². The molecule has 0 saturated carbocycles. The predicted octanol–water partition coefficient (Wildman–Crippen LogP) is -1.73. The van der Waals surface area contributed by atoms with Crippen LogP contribution in [0, 0.1) is 29.6 Å². The van der Waals surface area contributed by atoms with Crippen molar-refractivity contribution in [2.75, 3.05) is 39.3 Å². The van der Waals surface area contributed by atoms with Gasteiger partial charge >= 0.3 is 5.97 Å². The number of carboxylic acid groups (broad SMARTS) is 1. The molecular formula is C78H149N21O16. The average molecular weight is 1640 g/mol. The Kier molecular flexibility index (Phi) is 55.2. The van der Waals surface area contributed by atoms with Crippen molar-refractivity contribution in [1.29, 1.82) is 0 Å². The van der Waals surface area contributed by atoms with Crippen molar-refractivity contribution in [3.8, 4) is 0 Å². The number of unbranched alkanes of at least 4 members (excludes halogenated alkanes) is 6. The molecule has 0 saturated heterocycles. The van der Waals surface area contributed by atoms with Crippen LogP contribution in [0.25, 0.3) is 0 Å². The lowest BCUT2D eigenvalue weighted by atomic mass is 9.99. The van der Waals surface area contributed by atoms with E-state index in [9.17, 15) is 77.0 Å². The van der Waals surface area contributed by atoms with Gasteiger partial charge in [-0.3, -0.25) is 71.9 Å². The van der Waals surface area contributed by atoms with Crippen molar-refractivity contribution < 1.29 is 77.0 Å². The SMILES string of the molecule is CC(C)C[C@H](NC(=O)[C@H](CCCCN)NC(=O)[C@H](CCCCN)NC(=O)[C@H](C)NC(=O)[C@H](CC(C)C)NC(=O)[C@H](CCCCN)NC(=O)[C@H](C)NC(=O)[C@H](CC(C)C)NC(=O)[C@H](CC(C)C)NC(=O)[C@H](CCCCN)NC(=O)[C@H](CCCCN)NC(=O)[C@H](C)NC(=O)[C@H](CC(C)C)NC(=O)[C@@H](N)CCCCN)C(=O)N[C@@H](C)C(=O)O. The van der Waals surface area contributed by atoms with Crippen molar-refractivity contribution in [2.24, 2.45) is 69.7 Å². The van der Waals surface area contributed by atoms with Crippen molar-refractivity contribution >= 4 is 88.7 Å². The molecule has 115 heavy (non-hydrogen) atoms. The highest BCUT2D eigenvalue weighted by molar-refractivity contribution is 6.00. The Morgan fingerprint density at radius 2 is 0.365 bits per heavy atom. The molecule has 0 aromatic carbocycles. The number of rotatable bonds is 63. The number of aliphatic carboxylic acids is 1. The number of carbonyl (C=O) groups is 15. The van der Waals surface area contributed by atoms with E-state index >= 15 is 0 Å². The number of carboxylic acids is 1. The minimum atomic E-state index is -1.34. The summed E-state index contributed by atoms with van der Waals surface area (Å²) in [5, 5.41) is 47.0. The molecule has 0 aliphatic heterocycles. The first-order chi connectivity index (χ1) is 54.1. The van der Waals surface area contributed by atoms with E-state index in [1.54, 1.807) is 27.7 Å². The molecule has 0 unspecified atom stereocenters. The molecule has 0 heterocycles. The van der Waals surface area contributed by atoms with Crippen LogP contribution in [0.5, 0.6) is 0 Å². The maximum absolute atomic E-state index is 14.5. The summed E-state index contributed by atoms with van der Waals surface area (Å²) >= 11 is 0. The van der Waals surface area contributed by atoms with Gasteiger partial charge in [0, 0.05) is 0 Å². The van der Waals surface area contributed by atoms with E-state index in [1.807, 2.05) is 41.5 Å². The molecule has 0 spiro atoms. The average Bonchev–Trinajstić information content (AvgIpc) is 0.863. The molecule has 0 aromatic rings. The third kappa shape index (κ3) is 45.8. The van der Waals surface area contributed by atoms with Crippen LogP contribution in [-0.2, 0) is 71.9 Å². The van der Waals surface area contributed by atoms with Crippen molar-refractivity contribution in [1.82, 2.24) is 74.4 Å². The third-order valence-electron chi connectivity index (χ3n) is 18.9. The highest BCUT2D eigenvalue weighted by Crippen LogP contribution is 2.16. The van der Waals surface area contributed by atoms with Crippen LogP contribution >= 0.6 is 0 Å². The molecule has 0 aliphatic carbocycles. The van der Waals surface area contributed by atoms with Crippen molar-refractivity contribution in [3.05, 3.63) is 0 Å². The van der Waals surface area contributed by atoms with Gasteiger partial charge in [-0.2, -0.15) is 0 Å². The maximum Gasteiger partial charge on any atom is 0.325 e. The Hall–Kier alpha value is -8.23. The van der Waals surface area contributed by atoms with Gasteiger partial charge in [0.05, 0.1) is 6.04 Å². The highest BCUT2D eigenvalue weighted by atomic mass is 16.4. The number of nitrogens with one attached hydrogen (secondary N) is 14. The van der Waals surface area contributed by atoms with Gasteiger partial charge in [-0.05, 0) is 238 Å². The topological polar surface area (TPSA) is 627 Å². The van der Waals surface area contributed by atoms with Gasteiger partial charge in [0.15, 0.2) is 0 Å². The van der Waals surface area contributed by atoms with Crippen molar-refractivity contribution in [2.45, 2.75) is 335 Å². The van der Waals surface area contributed by atoms with Crippen LogP contribution in [0.15, 0.2) is 0 Å². The summed E-state index contributed by atoms with van der Waals surface area (Å²) in [6, 6.07) is -18.4. The van der Waals surface area contributed by atoms with E-state index in [4.69, 9.17) is 40.1 Å². The molecule has 14 amide bonds. The smallest absolute Gasteiger partial charge is 0.325 e. The Bertz CT molecular complexity index is 3000. The quantitative estimate of drug-likeness (QED) is 0.0301. The lowest BCUT2D eigenvalue weighted by Crippen LogP contribution is -2.60. The van der Waals surface area contributed by atoms with Crippen LogP contribution in [0.4, 0.5) is 0 Å². The molecule has 29 N–H and O–H groups in total. The zero-order chi connectivity index (χ0) is 87.6. The summed E-state index contributed by atoms with van der Waals surface area (Å²) in [4.78, 5) is 208. The van der Waals surface area contributed by atoms with Crippen LogP contribution in [0.3, 0.4) is 0 Å². The number of carbonyl (C=O) groups excluding carboxylic acids is 14. The first-order valence-electron chi connectivity index (χ1n) is 41.6. The zero-order valence-corrected chi connectivity index (χ0v) is 71.2. The zero-order valence-electron chi connectivity index (χ0n) is 71.2. The minimum Gasteiger partial charge on any atom is -0.480 e. The molecule has 37 heteroatoms. The molecule has 662 valence electrons. The maximum atomic E-state index is 14.5. The Morgan fingerprint density at radius 1 is 0.209 bits per heavy atom. The summed E-state index contributed by atoms with van der Waals surface area (Å²) < 4.78 is 0. The lowest BCUT2D eigenvalue weighted by molar-refractivity contribution is -0.142. The fourth-order valence-corrected chi connectivity index (χ4v) is 12.3. The van der Waals surface area contributed by atoms with Crippen molar-refractivity contribution in [3.63, 3.8) is 0 Å². The van der Waals surface area contributed by atoms with Gasteiger partial charge in [-0.1, -0.05) is 75.7 Å². The normalized spacial score (nSPS) is 15.4. The first-order valence-corrected chi connectivity index (χ1v) is 41.6. The van der Waals surface area contributed by atoms with E-state index < -0.39 is 179 Å². The monoisotopic (exact) mass is 1640 g/mol. The van der Waals surface area contributed by atoms with Gasteiger partial charge in [-0.15, -0.1) is 0 Å². The fourth-order valence-electron chi connectivity index (χ4n) is 12.3. The molecular weight excluding hydrogens is 1490 g/mol. The molecule has 15 atom stereocenters. The highest BCUT2D eigenvalue weighted by Gasteiger charge is 2.38. The van der Waals surface area contributed by atoms with Crippen LogP contribution < -0.4 is 115 Å². The number of hydrogen-bond acceptors (Lipinski definition) is 22. The second kappa shape index (κ2) is 59.4. The van der Waals surface area contributed by atoms with E-state index in [2.05, 4.69) is 74.4 Å². The predicted molar refractivity (Wildman–Crippen MR) is 440 cm³/mol. The summed E-state index contributed by atoms with van der Waals surface area (Å²) in [6.07, 6.45) is 6.59. The lowest BCUT2D eigenvalue weighted by Gasteiger charge is -2.29. The van der Waals surface area contributed by atoms with E-state index in [0.29, 0.717) is 90.0 Å². The summed E-state index contributed by atoms with van der Waals surface area (Å²) in [6.45, 7) is 25.3. The molecule has 37 nitrogen and oxygen atoms in total. The van der Waals surface area contributed by atoms with Gasteiger partial charge in [0.1, 0.15) is 84.6 Å². The number of amides is 14. The fraction of sp³-hybridized carbons (Fsp3) is 0.808. The van der Waals surface area contributed by atoms with Gasteiger partial charge in [0.2, 0.25) is 82.7 Å². The Balaban J connectivity index is 6.83. The summed E-state index contributed by atoms with van der Waals surface area (Å²) in [5.41, 5.74) is 40.8. The minimum absolute atomic E-state index is 0.0308. The standard InChI is InChI=1S/C78H149N21O16/c1-44(2)39-59(95-67(103)53(85)27-15-21-33-79)73(109)86-49(11)64(100)90-55(29-17-23-35-81)69(105)94-58(32-20-26-38-84)72(108)98-63(43-48(9)10)77(113)99-61(41-46(5)6)75(111)88-51(13)66(102)92-56(30-18-24-36-82)70(106)96-60(40-45(3)4)74(110)87-50(12)65(101)91-54(28-16-22-34-80)68(104)93-57(31-19-25-37-83)71(107)97-62(42-47(7)8)76(112)89-52(14)78(114)115/h44-63H,15-43,79-85H2,1-14H3,(H,86,109)(H,87,110)(H,88,111)(H,89,112)(H,90,100)(H,91,101)(H,92,102)(H,93,104)(H,94,105)(H,95,103)(H,96,106)(H,97,107)(H,98,108)(H,99,113)(H,114,115)/t49-,50-,51-,52-,53-,54-,55-,56-,57-,58-,59-,60-,61-,62-,63-/m0/s1. The Morgan fingerprint density at radius 3 is 0.557 bits per heavy atom. The molecule has 0 aromatic heterocycles.